The molecule has 0 amide bonds. The van der Waals surface area contributed by atoms with E-state index in [1.807, 2.05) is 6.07 Å². The van der Waals surface area contributed by atoms with Gasteiger partial charge < -0.3 is 15.2 Å². The van der Waals surface area contributed by atoms with Gasteiger partial charge in [0.1, 0.15) is 11.0 Å². The van der Waals surface area contributed by atoms with Crippen LogP contribution in [-0.2, 0) is 6.54 Å². The summed E-state index contributed by atoms with van der Waals surface area (Å²) in [6, 6.07) is 12.3. The van der Waals surface area contributed by atoms with Gasteiger partial charge in [-0.1, -0.05) is 41.9 Å². The van der Waals surface area contributed by atoms with Crippen LogP contribution in [0, 0.1) is 0 Å². The van der Waals surface area contributed by atoms with Crippen molar-refractivity contribution in [2.45, 2.75) is 24.9 Å². The molecule has 0 saturated carbocycles. The van der Waals surface area contributed by atoms with Crippen LogP contribution in [0.3, 0.4) is 0 Å². The molecule has 7 heteroatoms. The fraction of sp³-hybridized carbons (Fsp3) is 0.444. The molecule has 1 aliphatic heterocycles. The van der Waals surface area contributed by atoms with E-state index in [1.165, 1.54) is 12.7 Å². The number of nitrogens with one attached hydrogen (secondary N) is 1. The van der Waals surface area contributed by atoms with Crippen molar-refractivity contribution in [2.75, 3.05) is 32.1 Å². The molecule has 1 fully saturated rings. The van der Waals surface area contributed by atoms with Crippen LogP contribution in [0.15, 0.2) is 36.4 Å². The number of methoxy groups -OCH3 is 1. The van der Waals surface area contributed by atoms with E-state index >= 15 is 0 Å². The first kappa shape index (κ1) is 17.9. The summed E-state index contributed by atoms with van der Waals surface area (Å²) in [5.41, 5.74) is 0.898. The molecule has 2 aromatic rings. The highest BCUT2D eigenvalue weighted by molar-refractivity contribution is 6.29. The summed E-state index contributed by atoms with van der Waals surface area (Å²) in [7, 11) is 1.50. The van der Waals surface area contributed by atoms with Crippen molar-refractivity contribution in [3.63, 3.8) is 0 Å². The molecule has 0 spiro atoms. The largest absolute Gasteiger partial charge is 0.467 e. The monoisotopic (exact) mass is 362 g/mol. The van der Waals surface area contributed by atoms with Crippen LogP contribution >= 0.6 is 11.6 Å². The number of aliphatic hydroxyl groups is 1. The standard InChI is InChI=1S/C18H23ClN4O2/c1-25-17-20-15(19)11-16(21-17)22-18(13-24)7-9-23(10-8-18)12-14-5-3-2-4-6-14/h2-6,11,24H,7-10,12-13H2,1H3,(H,20,21,22). The summed E-state index contributed by atoms with van der Waals surface area (Å²) in [6.45, 7) is 2.77. The van der Waals surface area contributed by atoms with Gasteiger partial charge in [-0.25, -0.2) is 0 Å². The second kappa shape index (κ2) is 7.99. The first-order valence-corrected chi connectivity index (χ1v) is 8.74. The number of likely N-dealkylation sites (tertiary alicyclic amines) is 1. The minimum atomic E-state index is -0.407. The van der Waals surface area contributed by atoms with Gasteiger partial charge in [0.15, 0.2) is 0 Å². The molecule has 0 atom stereocenters. The van der Waals surface area contributed by atoms with Crippen molar-refractivity contribution < 1.29 is 9.84 Å². The average Bonchev–Trinajstić information content (AvgIpc) is 2.64. The highest BCUT2D eigenvalue weighted by atomic mass is 35.5. The predicted octanol–water partition coefficient (Wildman–Crippen LogP) is 2.58. The van der Waals surface area contributed by atoms with Crippen LogP contribution < -0.4 is 10.1 Å². The summed E-state index contributed by atoms with van der Waals surface area (Å²) in [5.74, 6) is 0.572. The zero-order valence-electron chi connectivity index (χ0n) is 14.3. The first-order chi connectivity index (χ1) is 12.1. The van der Waals surface area contributed by atoms with Gasteiger partial charge in [-0.05, 0) is 18.4 Å². The quantitative estimate of drug-likeness (QED) is 0.770. The lowest BCUT2D eigenvalue weighted by Crippen LogP contribution is -2.51. The SMILES string of the molecule is COc1nc(Cl)cc(NC2(CO)CCN(Cc3ccccc3)CC2)n1. The Morgan fingerprint density at radius 1 is 1.24 bits per heavy atom. The van der Waals surface area contributed by atoms with E-state index in [-0.39, 0.29) is 12.6 Å². The summed E-state index contributed by atoms with van der Waals surface area (Å²) < 4.78 is 5.06. The maximum Gasteiger partial charge on any atom is 0.319 e. The molecule has 1 aromatic heterocycles. The third-order valence-corrected chi connectivity index (χ3v) is 4.81. The third-order valence-electron chi connectivity index (χ3n) is 4.62. The van der Waals surface area contributed by atoms with E-state index in [4.69, 9.17) is 16.3 Å². The molecule has 2 N–H and O–H groups in total. The number of aromatic nitrogens is 2. The number of aliphatic hydroxyl groups excluding tert-OH is 1. The molecule has 134 valence electrons. The molecule has 2 heterocycles. The van der Waals surface area contributed by atoms with Crippen LogP contribution in [0.1, 0.15) is 18.4 Å². The molecule has 1 saturated heterocycles. The molecule has 0 unspecified atom stereocenters. The summed E-state index contributed by atoms with van der Waals surface area (Å²) in [6.07, 6.45) is 1.64. The van der Waals surface area contributed by atoms with Gasteiger partial charge in [-0.2, -0.15) is 9.97 Å². The second-order valence-corrected chi connectivity index (χ2v) is 6.78. The van der Waals surface area contributed by atoms with E-state index < -0.39 is 5.54 Å². The third kappa shape index (κ3) is 4.60. The zero-order valence-corrected chi connectivity index (χ0v) is 15.0. The minimum absolute atomic E-state index is 0.0378. The van der Waals surface area contributed by atoms with Crippen LogP contribution in [0.4, 0.5) is 5.82 Å². The van der Waals surface area contributed by atoms with Crippen LogP contribution in [-0.4, -0.2) is 52.3 Å². The highest BCUT2D eigenvalue weighted by Gasteiger charge is 2.34. The lowest BCUT2D eigenvalue weighted by molar-refractivity contribution is 0.114. The fourth-order valence-electron chi connectivity index (χ4n) is 3.13. The molecule has 1 aromatic carbocycles. The van der Waals surface area contributed by atoms with Crippen LogP contribution in [0.2, 0.25) is 5.15 Å². The Morgan fingerprint density at radius 2 is 1.96 bits per heavy atom. The van der Waals surface area contributed by atoms with E-state index in [0.717, 1.165) is 32.5 Å². The molecular formula is C18H23ClN4O2. The molecule has 3 rings (SSSR count). The number of piperidine rings is 1. The average molecular weight is 363 g/mol. The maximum absolute atomic E-state index is 9.99. The van der Waals surface area contributed by atoms with Crippen LogP contribution in [0.5, 0.6) is 6.01 Å². The molecule has 25 heavy (non-hydrogen) atoms. The Hall–Kier alpha value is -1.89. The van der Waals surface area contributed by atoms with E-state index in [0.29, 0.717) is 11.0 Å². The number of ether oxygens (including phenoxy) is 1. The topological polar surface area (TPSA) is 70.5 Å². The Kier molecular flexibility index (Phi) is 5.73. The van der Waals surface area contributed by atoms with Gasteiger partial charge in [0.2, 0.25) is 0 Å². The molecule has 6 nitrogen and oxygen atoms in total. The van der Waals surface area contributed by atoms with Crippen molar-refractivity contribution in [1.82, 2.24) is 14.9 Å². The van der Waals surface area contributed by atoms with E-state index in [2.05, 4.69) is 44.5 Å². The summed E-state index contributed by atoms with van der Waals surface area (Å²) in [5, 5.41) is 13.6. The Labute approximate surface area is 152 Å². The maximum atomic E-state index is 9.99. The van der Waals surface area contributed by atoms with Gasteiger partial charge in [-0.3, -0.25) is 4.90 Å². The van der Waals surface area contributed by atoms with Gasteiger partial charge in [-0.15, -0.1) is 0 Å². The number of anilines is 1. The van der Waals surface area contributed by atoms with E-state index in [9.17, 15) is 5.11 Å². The Morgan fingerprint density at radius 3 is 2.60 bits per heavy atom. The number of nitrogens with zero attached hydrogens (tertiary/aromatic N) is 3. The lowest BCUT2D eigenvalue weighted by atomic mass is 9.88. The van der Waals surface area contributed by atoms with Gasteiger partial charge in [0, 0.05) is 25.7 Å². The number of rotatable bonds is 6. The first-order valence-electron chi connectivity index (χ1n) is 8.36. The van der Waals surface area contributed by atoms with Crippen molar-refractivity contribution in [3.8, 4) is 6.01 Å². The van der Waals surface area contributed by atoms with Crippen molar-refractivity contribution in [1.29, 1.82) is 0 Å². The highest BCUT2D eigenvalue weighted by Crippen LogP contribution is 2.28. The van der Waals surface area contributed by atoms with Gasteiger partial charge in [0.05, 0.1) is 19.3 Å². The molecular weight excluding hydrogens is 340 g/mol. The van der Waals surface area contributed by atoms with Crippen molar-refractivity contribution in [3.05, 3.63) is 47.1 Å². The normalized spacial score (nSPS) is 17.2. The fourth-order valence-corrected chi connectivity index (χ4v) is 3.30. The molecule has 0 aliphatic carbocycles. The summed E-state index contributed by atoms with van der Waals surface area (Å²) in [4.78, 5) is 10.6. The summed E-state index contributed by atoms with van der Waals surface area (Å²) >= 11 is 6.01. The molecule has 0 bridgehead atoms. The smallest absolute Gasteiger partial charge is 0.319 e. The minimum Gasteiger partial charge on any atom is -0.467 e. The van der Waals surface area contributed by atoms with Crippen LogP contribution in [0.25, 0.3) is 0 Å². The second-order valence-electron chi connectivity index (χ2n) is 6.39. The molecule has 1 aliphatic rings. The number of hydrogen-bond donors (Lipinski definition) is 2. The van der Waals surface area contributed by atoms with Crippen molar-refractivity contribution in [2.24, 2.45) is 0 Å². The number of benzene rings is 1. The molecule has 0 radical (unpaired) electrons. The van der Waals surface area contributed by atoms with Gasteiger partial charge in [0.25, 0.3) is 0 Å². The number of hydrogen-bond acceptors (Lipinski definition) is 6. The van der Waals surface area contributed by atoms with Gasteiger partial charge >= 0.3 is 6.01 Å². The zero-order chi connectivity index (χ0) is 17.7. The van der Waals surface area contributed by atoms with E-state index in [1.54, 1.807) is 6.07 Å². The lowest BCUT2D eigenvalue weighted by Gasteiger charge is -2.41. The number of halogens is 1. The van der Waals surface area contributed by atoms with Crippen molar-refractivity contribution >= 4 is 17.4 Å². The Bertz CT molecular complexity index is 691. The Balaban J connectivity index is 1.64. The predicted molar refractivity (Wildman–Crippen MR) is 98.0 cm³/mol.